The Morgan fingerprint density at radius 2 is 1.71 bits per heavy atom. The lowest BCUT2D eigenvalue weighted by Crippen LogP contribution is -1.98. The minimum atomic E-state index is 0.394. The maximum Gasteiger partial charge on any atom is 0.181 e. The molecule has 17 heavy (non-hydrogen) atoms. The summed E-state index contributed by atoms with van der Waals surface area (Å²) in [6.07, 6.45) is 0.708. The van der Waals surface area contributed by atoms with Gasteiger partial charge in [0.25, 0.3) is 0 Å². The predicted molar refractivity (Wildman–Crippen MR) is 69.4 cm³/mol. The number of aryl methyl sites for hydroxylation is 1. The molecule has 88 valence electrons. The van der Waals surface area contributed by atoms with Crippen molar-refractivity contribution in [2.75, 3.05) is 0 Å². The second-order valence-corrected chi connectivity index (χ2v) is 4.34. The summed E-state index contributed by atoms with van der Waals surface area (Å²) in [6.45, 7) is 3.87. The van der Waals surface area contributed by atoms with Gasteiger partial charge in [-0.3, -0.25) is 0 Å². The van der Waals surface area contributed by atoms with E-state index in [4.69, 9.17) is 23.2 Å². The lowest BCUT2D eigenvalue weighted by atomic mass is 10.2. The summed E-state index contributed by atoms with van der Waals surface area (Å²) in [6, 6.07) is 5.64. The molecule has 0 bridgehead atoms. The molecule has 0 fully saturated rings. The molecule has 0 amide bonds. The molecule has 2 rings (SSSR count). The Balaban J connectivity index is 2.54. The molecule has 0 atom stereocenters. The van der Waals surface area contributed by atoms with Crippen LogP contribution in [0.3, 0.4) is 0 Å². The van der Waals surface area contributed by atoms with Crippen molar-refractivity contribution in [2.24, 2.45) is 0 Å². The third-order valence-corrected chi connectivity index (χ3v) is 3.00. The van der Waals surface area contributed by atoms with Crippen LogP contribution in [0.4, 0.5) is 0 Å². The summed E-state index contributed by atoms with van der Waals surface area (Å²) in [7, 11) is 0. The number of halogens is 2. The Bertz CT molecular complexity index is 532. The first-order chi connectivity index (χ1) is 8.11. The van der Waals surface area contributed by atoms with Crippen LogP contribution in [-0.4, -0.2) is 15.0 Å². The van der Waals surface area contributed by atoms with Crippen molar-refractivity contribution in [3.63, 3.8) is 0 Å². The smallest absolute Gasteiger partial charge is 0.181 e. The first kappa shape index (κ1) is 12.3. The van der Waals surface area contributed by atoms with Gasteiger partial charge < -0.3 is 0 Å². The van der Waals surface area contributed by atoms with Gasteiger partial charge in [-0.1, -0.05) is 36.2 Å². The van der Waals surface area contributed by atoms with Crippen LogP contribution in [0.5, 0.6) is 0 Å². The van der Waals surface area contributed by atoms with Crippen molar-refractivity contribution >= 4 is 23.2 Å². The number of rotatable bonds is 2. The molecular weight excluding hydrogens is 257 g/mol. The van der Waals surface area contributed by atoms with Crippen LogP contribution in [0.15, 0.2) is 18.2 Å². The van der Waals surface area contributed by atoms with E-state index in [1.165, 1.54) is 0 Å². The minimum Gasteiger partial charge on any atom is -0.250 e. The number of hydrogen-bond acceptors (Lipinski definition) is 3. The fourth-order valence-electron chi connectivity index (χ4n) is 1.50. The Morgan fingerprint density at radius 1 is 1.06 bits per heavy atom. The second-order valence-electron chi connectivity index (χ2n) is 3.63. The second kappa shape index (κ2) is 4.98. The molecule has 0 aromatic carbocycles. The van der Waals surface area contributed by atoms with E-state index in [-0.39, 0.29) is 0 Å². The molecule has 0 saturated heterocycles. The van der Waals surface area contributed by atoms with Crippen molar-refractivity contribution in [3.05, 3.63) is 39.8 Å². The van der Waals surface area contributed by atoms with E-state index in [0.29, 0.717) is 28.2 Å². The fourth-order valence-corrected chi connectivity index (χ4v) is 2.16. The number of pyridine rings is 1. The molecule has 0 unspecified atom stereocenters. The van der Waals surface area contributed by atoms with E-state index in [2.05, 4.69) is 15.0 Å². The lowest BCUT2D eigenvalue weighted by Gasteiger charge is -2.06. The monoisotopic (exact) mass is 267 g/mol. The van der Waals surface area contributed by atoms with Crippen LogP contribution in [0.25, 0.3) is 11.5 Å². The molecule has 2 heterocycles. The van der Waals surface area contributed by atoms with Crippen LogP contribution < -0.4 is 0 Å². The van der Waals surface area contributed by atoms with Gasteiger partial charge in [-0.05, 0) is 25.5 Å². The first-order valence-corrected chi connectivity index (χ1v) is 6.03. The van der Waals surface area contributed by atoms with Gasteiger partial charge in [-0.2, -0.15) is 0 Å². The van der Waals surface area contributed by atoms with Crippen molar-refractivity contribution in [3.8, 4) is 11.5 Å². The molecule has 0 aliphatic rings. The van der Waals surface area contributed by atoms with Crippen molar-refractivity contribution in [1.82, 2.24) is 15.0 Å². The highest BCUT2D eigenvalue weighted by Crippen LogP contribution is 2.25. The highest BCUT2D eigenvalue weighted by atomic mass is 35.5. The molecular formula is C12H11Cl2N3. The van der Waals surface area contributed by atoms with Crippen molar-refractivity contribution in [1.29, 1.82) is 0 Å². The van der Waals surface area contributed by atoms with E-state index in [9.17, 15) is 0 Å². The molecule has 5 heteroatoms. The van der Waals surface area contributed by atoms with E-state index in [1.807, 2.05) is 32.0 Å². The zero-order valence-corrected chi connectivity index (χ0v) is 11.0. The van der Waals surface area contributed by atoms with E-state index >= 15 is 0 Å². The predicted octanol–water partition coefficient (Wildman–Crippen LogP) is 3.72. The Labute approximate surface area is 110 Å². The summed E-state index contributed by atoms with van der Waals surface area (Å²) in [5.74, 6) is 0.459. The summed E-state index contributed by atoms with van der Waals surface area (Å²) in [4.78, 5) is 12.8. The molecule has 2 aromatic heterocycles. The molecule has 0 saturated carbocycles. The third-order valence-electron chi connectivity index (χ3n) is 2.38. The van der Waals surface area contributed by atoms with Crippen LogP contribution in [0.2, 0.25) is 10.3 Å². The number of hydrogen-bond donors (Lipinski definition) is 0. The average molecular weight is 268 g/mol. The highest BCUT2D eigenvalue weighted by Gasteiger charge is 2.11. The molecule has 3 nitrogen and oxygen atoms in total. The molecule has 2 aromatic rings. The van der Waals surface area contributed by atoms with Crippen LogP contribution in [0.1, 0.15) is 18.2 Å². The standard InChI is InChI=1S/C12H11Cl2N3/c1-3-8-10(13)16-12(17-11(8)14)9-6-4-5-7(2)15-9/h4-6H,3H2,1-2H3. The first-order valence-electron chi connectivity index (χ1n) is 5.27. The van der Waals surface area contributed by atoms with E-state index in [0.717, 1.165) is 11.3 Å². The lowest BCUT2D eigenvalue weighted by molar-refractivity contribution is 1.04. The van der Waals surface area contributed by atoms with Gasteiger partial charge in [0.2, 0.25) is 0 Å². The molecule has 0 N–H and O–H groups in total. The van der Waals surface area contributed by atoms with Gasteiger partial charge in [0.15, 0.2) is 5.82 Å². The molecule has 0 aliphatic carbocycles. The summed E-state index contributed by atoms with van der Waals surface area (Å²) in [5, 5.41) is 0.789. The van der Waals surface area contributed by atoms with E-state index in [1.54, 1.807) is 0 Å². The third kappa shape index (κ3) is 2.56. The normalized spacial score (nSPS) is 10.6. The Hall–Kier alpha value is -1.19. The van der Waals surface area contributed by atoms with Gasteiger partial charge >= 0.3 is 0 Å². The van der Waals surface area contributed by atoms with Crippen molar-refractivity contribution in [2.45, 2.75) is 20.3 Å². The van der Waals surface area contributed by atoms with Gasteiger partial charge in [-0.25, -0.2) is 15.0 Å². The maximum atomic E-state index is 6.06. The number of aromatic nitrogens is 3. The molecule has 0 radical (unpaired) electrons. The van der Waals surface area contributed by atoms with Crippen LogP contribution >= 0.6 is 23.2 Å². The minimum absolute atomic E-state index is 0.394. The van der Waals surface area contributed by atoms with E-state index < -0.39 is 0 Å². The Morgan fingerprint density at radius 3 is 2.24 bits per heavy atom. The zero-order valence-electron chi connectivity index (χ0n) is 9.54. The molecule has 0 spiro atoms. The highest BCUT2D eigenvalue weighted by molar-refractivity contribution is 6.34. The van der Waals surface area contributed by atoms with Crippen LogP contribution in [-0.2, 0) is 6.42 Å². The van der Waals surface area contributed by atoms with Crippen molar-refractivity contribution < 1.29 is 0 Å². The largest absolute Gasteiger partial charge is 0.250 e. The number of nitrogens with zero attached hydrogens (tertiary/aromatic N) is 3. The average Bonchev–Trinajstić information content (AvgIpc) is 2.28. The van der Waals surface area contributed by atoms with Gasteiger partial charge in [-0.15, -0.1) is 0 Å². The van der Waals surface area contributed by atoms with Gasteiger partial charge in [0, 0.05) is 11.3 Å². The molecule has 0 aliphatic heterocycles. The summed E-state index contributed by atoms with van der Waals surface area (Å²) in [5.41, 5.74) is 2.35. The summed E-state index contributed by atoms with van der Waals surface area (Å²) >= 11 is 12.1. The van der Waals surface area contributed by atoms with Gasteiger partial charge in [0.05, 0.1) is 0 Å². The van der Waals surface area contributed by atoms with Crippen LogP contribution in [0, 0.1) is 6.92 Å². The SMILES string of the molecule is CCc1c(Cl)nc(-c2cccc(C)n2)nc1Cl. The topological polar surface area (TPSA) is 38.7 Å². The quantitative estimate of drug-likeness (QED) is 0.779. The zero-order chi connectivity index (χ0) is 12.4. The van der Waals surface area contributed by atoms with Gasteiger partial charge in [0.1, 0.15) is 16.0 Å². The Kier molecular flexibility index (Phi) is 3.60. The maximum absolute atomic E-state index is 6.06. The summed E-state index contributed by atoms with van der Waals surface area (Å²) < 4.78 is 0. The fraction of sp³-hybridized carbons (Fsp3) is 0.250.